The van der Waals surface area contributed by atoms with E-state index in [0.29, 0.717) is 0 Å². The Kier molecular flexibility index (Phi) is 1.78. The largest absolute Gasteiger partial charge is 0.271 e. The molecule has 50 valence electrons. The maximum Gasteiger partial charge on any atom is 0.271 e. The van der Waals surface area contributed by atoms with Gasteiger partial charge < -0.3 is 0 Å². The van der Waals surface area contributed by atoms with Crippen molar-refractivity contribution in [2.75, 3.05) is 0 Å². The topological polar surface area (TPSA) is 55.5 Å². The first kappa shape index (κ1) is 6.45. The summed E-state index contributed by atoms with van der Waals surface area (Å²) < 4.78 is 0. The molecule has 1 aliphatic heterocycles. The number of hydrogen-bond acceptors (Lipinski definition) is 3. The fraction of sp³-hybridized carbons (Fsp3) is 0. The van der Waals surface area contributed by atoms with Crippen LogP contribution in [0, 0.1) is 10.1 Å². The van der Waals surface area contributed by atoms with Crippen molar-refractivity contribution in [3.63, 3.8) is 0 Å². The molecule has 0 fully saturated rings. The lowest BCUT2D eigenvalue weighted by Gasteiger charge is -1.84. The zero-order valence-electron chi connectivity index (χ0n) is 5.02. The number of hydrogen-bond donors (Lipinski definition) is 0. The monoisotopic (exact) mass is 136 g/mol. The van der Waals surface area contributed by atoms with Gasteiger partial charge in [-0.1, -0.05) is 0 Å². The number of nitro groups is 1. The Hall–Kier alpha value is -1.67. The minimum absolute atomic E-state index is 0.0220. The van der Waals surface area contributed by atoms with E-state index in [9.17, 15) is 10.1 Å². The molecule has 1 aliphatic rings. The SMILES string of the molecule is O=[N+]([O-])C1=CC=C=NC=C1. The Balaban J connectivity index is 2.92. The van der Waals surface area contributed by atoms with Crippen LogP contribution in [0.3, 0.4) is 0 Å². The zero-order valence-corrected chi connectivity index (χ0v) is 5.02. The highest BCUT2D eigenvalue weighted by atomic mass is 16.6. The molecule has 0 aromatic carbocycles. The number of aliphatic imine (C=N–C) groups is 1. The molecule has 1 heterocycles. The van der Waals surface area contributed by atoms with E-state index in [1.165, 1.54) is 24.4 Å². The molecule has 1 rings (SSSR count). The third kappa shape index (κ3) is 1.40. The third-order valence-electron chi connectivity index (χ3n) is 0.934. The fourth-order valence-electron chi connectivity index (χ4n) is 0.500. The van der Waals surface area contributed by atoms with Crippen molar-refractivity contribution >= 4 is 5.87 Å². The summed E-state index contributed by atoms with van der Waals surface area (Å²) in [7, 11) is 0. The van der Waals surface area contributed by atoms with Gasteiger partial charge in [-0.25, -0.2) is 4.99 Å². The normalized spacial score (nSPS) is 14.6. The Morgan fingerprint density at radius 3 is 3.20 bits per heavy atom. The van der Waals surface area contributed by atoms with E-state index in [4.69, 9.17) is 0 Å². The Bertz CT molecular complexity index is 269. The minimum Gasteiger partial charge on any atom is -0.258 e. The summed E-state index contributed by atoms with van der Waals surface area (Å²) in [4.78, 5) is 13.2. The van der Waals surface area contributed by atoms with Gasteiger partial charge in [0.1, 0.15) is 0 Å². The third-order valence-corrected chi connectivity index (χ3v) is 0.934. The van der Waals surface area contributed by atoms with Gasteiger partial charge in [0.15, 0.2) is 0 Å². The van der Waals surface area contributed by atoms with Gasteiger partial charge in [-0.3, -0.25) is 10.1 Å². The molecule has 0 aliphatic carbocycles. The van der Waals surface area contributed by atoms with Crippen LogP contribution in [-0.2, 0) is 0 Å². The van der Waals surface area contributed by atoms with Crippen LogP contribution in [0.15, 0.2) is 35.1 Å². The van der Waals surface area contributed by atoms with Crippen LogP contribution in [0.1, 0.15) is 0 Å². The lowest BCUT2D eigenvalue weighted by molar-refractivity contribution is -0.419. The van der Waals surface area contributed by atoms with E-state index in [-0.39, 0.29) is 5.70 Å². The summed E-state index contributed by atoms with van der Waals surface area (Å²) in [6.07, 6.45) is 5.39. The molecule has 0 radical (unpaired) electrons. The summed E-state index contributed by atoms with van der Waals surface area (Å²) in [6.45, 7) is 0. The summed E-state index contributed by atoms with van der Waals surface area (Å²) >= 11 is 0. The molecular formula is C6H4N2O2. The second-order valence-corrected chi connectivity index (χ2v) is 1.59. The molecule has 0 atom stereocenters. The second kappa shape index (κ2) is 2.75. The summed E-state index contributed by atoms with van der Waals surface area (Å²) in [5.74, 6) is 2.46. The van der Waals surface area contributed by atoms with Crippen LogP contribution in [0.5, 0.6) is 0 Å². The predicted molar refractivity (Wildman–Crippen MR) is 36.2 cm³/mol. The smallest absolute Gasteiger partial charge is 0.258 e. The van der Waals surface area contributed by atoms with Crippen LogP contribution in [-0.4, -0.2) is 10.8 Å². The highest BCUT2D eigenvalue weighted by molar-refractivity contribution is 5.57. The molecule has 0 aromatic rings. The van der Waals surface area contributed by atoms with Gasteiger partial charge in [-0.05, 0) is 5.87 Å². The van der Waals surface area contributed by atoms with Crippen LogP contribution in [0.2, 0.25) is 0 Å². The molecule has 0 amide bonds. The van der Waals surface area contributed by atoms with Crippen molar-refractivity contribution in [1.29, 1.82) is 0 Å². The van der Waals surface area contributed by atoms with E-state index in [2.05, 4.69) is 10.9 Å². The highest BCUT2D eigenvalue weighted by Crippen LogP contribution is 1.99. The molecule has 4 nitrogen and oxygen atoms in total. The molecule has 0 aromatic heterocycles. The maximum absolute atomic E-state index is 10.1. The molecule has 0 saturated carbocycles. The highest BCUT2D eigenvalue weighted by Gasteiger charge is 2.03. The Morgan fingerprint density at radius 1 is 1.70 bits per heavy atom. The quantitative estimate of drug-likeness (QED) is 0.397. The molecule has 0 spiro atoms. The van der Waals surface area contributed by atoms with Gasteiger partial charge in [0, 0.05) is 24.4 Å². The van der Waals surface area contributed by atoms with Crippen molar-refractivity contribution in [3.05, 3.63) is 40.2 Å². The first-order valence-corrected chi connectivity index (χ1v) is 2.60. The van der Waals surface area contributed by atoms with Crippen LogP contribution >= 0.6 is 0 Å². The number of allylic oxidation sites excluding steroid dienone is 3. The van der Waals surface area contributed by atoms with Crippen LogP contribution in [0.25, 0.3) is 0 Å². The molecule has 10 heavy (non-hydrogen) atoms. The second-order valence-electron chi connectivity index (χ2n) is 1.59. The predicted octanol–water partition coefficient (Wildman–Crippen LogP) is 0.900. The van der Waals surface area contributed by atoms with Gasteiger partial charge >= 0.3 is 0 Å². The van der Waals surface area contributed by atoms with E-state index in [1.54, 1.807) is 0 Å². The molecule has 0 N–H and O–H groups in total. The standard InChI is InChI=1S/C6H4N2O2/c9-8(10)6-2-1-4-7-5-3-6/h1-3,5H. The lowest BCUT2D eigenvalue weighted by atomic mass is 10.4. The van der Waals surface area contributed by atoms with Crippen LogP contribution < -0.4 is 0 Å². The lowest BCUT2D eigenvalue weighted by Crippen LogP contribution is -1.93. The summed E-state index contributed by atoms with van der Waals surface area (Å²) in [6, 6.07) is 0. The zero-order chi connectivity index (χ0) is 7.40. The van der Waals surface area contributed by atoms with Crippen molar-refractivity contribution in [2.24, 2.45) is 4.99 Å². The molecular weight excluding hydrogens is 132 g/mol. The summed E-state index contributed by atoms with van der Waals surface area (Å²) in [5, 5.41) is 10.1. The summed E-state index contributed by atoms with van der Waals surface area (Å²) in [5.41, 5.74) is 0.0220. The number of nitrogens with zero attached hydrogens (tertiary/aromatic N) is 2. The van der Waals surface area contributed by atoms with E-state index < -0.39 is 4.92 Å². The molecule has 0 bridgehead atoms. The van der Waals surface area contributed by atoms with Crippen molar-refractivity contribution in [1.82, 2.24) is 0 Å². The molecule has 0 saturated heterocycles. The Morgan fingerprint density at radius 2 is 2.50 bits per heavy atom. The average Bonchev–Trinajstić information content (AvgIpc) is 2.12. The van der Waals surface area contributed by atoms with Crippen LogP contribution in [0.4, 0.5) is 0 Å². The number of rotatable bonds is 1. The van der Waals surface area contributed by atoms with E-state index >= 15 is 0 Å². The van der Waals surface area contributed by atoms with Gasteiger partial charge in [0.05, 0.1) is 4.92 Å². The maximum atomic E-state index is 10.1. The minimum atomic E-state index is -0.477. The van der Waals surface area contributed by atoms with Crippen molar-refractivity contribution in [2.45, 2.75) is 0 Å². The van der Waals surface area contributed by atoms with Crippen molar-refractivity contribution < 1.29 is 4.92 Å². The first-order chi connectivity index (χ1) is 4.80. The molecule has 0 unspecified atom stereocenters. The van der Waals surface area contributed by atoms with Gasteiger partial charge in [0.2, 0.25) is 0 Å². The van der Waals surface area contributed by atoms with E-state index in [0.717, 1.165) is 0 Å². The molecule has 4 heteroatoms. The van der Waals surface area contributed by atoms with Crippen molar-refractivity contribution in [3.8, 4) is 0 Å². The average molecular weight is 136 g/mol. The van der Waals surface area contributed by atoms with Gasteiger partial charge in [-0.15, -0.1) is 0 Å². The first-order valence-electron chi connectivity index (χ1n) is 2.60. The van der Waals surface area contributed by atoms with Gasteiger partial charge in [-0.2, -0.15) is 0 Å². The van der Waals surface area contributed by atoms with Gasteiger partial charge in [0.25, 0.3) is 5.70 Å². The Labute approximate surface area is 57.0 Å². The fourth-order valence-corrected chi connectivity index (χ4v) is 0.500. The van der Waals surface area contributed by atoms with E-state index in [1.807, 2.05) is 0 Å².